The van der Waals surface area contributed by atoms with Crippen molar-refractivity contribution in [3.8, 4) is 0 Å². The van der Waals surface area contributed by atoms with Crippen LogP contribution in [-0.4, -0.2) is 28.9 Å². The van der Waals surface area contributed by atoms with Crippen LogP contribution in [0.5, 0.6) is 0 Å². The van der Waals surface area contributed by atoms with E-state index in [1.807, 2.05) is 0 Å². The average molecular weight is 228 g/mol. The van der Waals surface area contributed by atoms with Crippen LogP contribution >= 0.6 is 0 Å². The average Bonchev–Trinajstić information content (AvgIpc) is 2.17. The van der Waals surface area contributed by atoms with Gasteiger partial charge in [-0.2, -0.15) is 0 Å². The minimum atomic E-state index is -1.69. The Balaban J connectivity index is 4.81. The molecule has 0 bridgehead atoms. The molecule has 0 unspecified atom stereocenters. The number of aliphatic carboxylic acids is 2. The van der Waals surface area contributed by atoms with E-state index in [0.29, 0.717) is 12.3 Å². The molecule has 0 spiro atoms. The Kier molecular flexibility index (Phi) is 5.50. The molecule has 0 radical (unpaired) electrons. The summed E-state index contributed by atoms with van der Waals surface area (Å²) in [6.07, 6.45) is 1.66. The second kappa shape index (κ2) is 6.36. The molecule has 4 N–H and O–H groups in total. The van der Waals surface area contributed by atoms with Gasteiger partial charge in [0.1, 0.15) is 6.04 Å². The van der Waals surface area contributed by atoms with Crippen LogP contribution in [0.2, 0.25) is 0 Å². The van der Waals surface area contributed by atoms with Gasteiger partial charge in [-0.25, -0.2) is 4.79 Å². The fourth-order valence-corrected chi connectivity index (χ4v) is 0.860. The lowest BCUT2D eigenvalue weighted by atomic mass is 10.1. The Morgan fingerprint density at radius 2 is 1.94 bits per heavy atom. The van der Waals surface area contributed by atoms with Crippen LogP contribution in [0.4, 0.5) is 0 Å². The molecule has 88 valence electrons. The Hall–Kier alpha value is -2.15. The molecule has 16 heavy (non-hydrogen) atoms. The third-order valence-corrected chi connectivity index (χ3v) is 1.62. The van der Waals surface area contributed by atoms with Gasteiger partial charge in [0.2, 0.25) is 0 Å². The van der Waals surface area contributed by atoms with Gasteiger partial charge in [0.15, 0.2) is 0 Å². The first kappa shape index (κ1) is 13.8. The van der Waals surface area contributed by atoms with Crippen LogP contribution in [0, 0.1) is 0 Å². The van der Waals surface area contributed by atoms with Crippen molar-refractivity contribution in [3.63, 3.8) is 0 Å². The standard InChI is InChI=1S/C9H11NO6/c10-6(8(13)14)3-5(1-2-11)4-7(12)9(15)16/h1-2,4,6,11H,3,10H2,(H,13,14)(H,15,16)/p-1/b2-1-,5-4-/t6-/m0/s1. The molecule has 0 heterocycles. The second-order valence-corrected chi connectivity index (χ2v) is 2.91. The molecule has 0 aliphatic heterocycles. The number of carbonyl (C=O) groups is 3. The van der Waals surface area contributed by atoms with E-state index in [9.17, 15) is 24.6 Å². The number of ketones is 1. The number of allylic oxidation sites excluding steroid dienone is 1. The number of rotatable bonds is 6. The quantitative estimate of drug-likeness (QED) is 0.206. The maximum absolute atomic E-state index is 10.8. The molecule has 0 aromatic rings. The molecule has 0 rings (SSSR count). The van der Waals surface area contributed by atoms with Gasteiger partial charge in [0, 0.05) is 6.42 Å². The van der Waals surface area contributed by atoms with Crippen molar-refractivity contribution in [2.45, 2.75) is 12.5 Å². The first-order chi connectivity index (χ1) is 7.38. The fraction of sp³-hybridized carbons (Fsp3) is 0.222. The zero-order valence-corrected chi connectivity index (χ0v) is 8.21. The van der Waals surface area contributed by atoms with Crippen molar-refractivity contribution in [2.24, 2.45) is 0 Å². The second-order valence-electron chi connectivity index (χ2n) is 2.91. The fourth-order valence-electron chi connectivity index (χ4n) is 0.860. The number of hydrogen-bond donors (Lipinski definition) is 2. The summed E-state index contributed by atoms with van der Waals surface area (Å²) in [7, 11) is 0. The molecular weight excluding hydrogens is 218 g/mol. The molecule has 1 atom stereocenters. The Morgan fingerprint density at radius 3 is 2.31 bits per heavy atom. The highest BCUT2D eigenvalue weighted by Gasteiger charge is 2.13. The normalized spacial score (nSPS) is 13.7. The predicted molar refractivity (Wildman–Crippen MR) is 46.2 cm³/mol. The van der Waals surface area contributed by atoms with E-state index in [0.717, 1.165) is 6.08 Å². The number of carboxylic acid groups (broad SMARTS) is 2. The Bertz CT molecular complexity index is 357. The van der Waals surface area contributed by atoms with Gasteiger partial charge in [-0.3, -0.25) is 4.79 Å². The largest absolute Gasteiger partial charge is 0.878 e. The first-order valence-electron chi connectivity index (χ1n) is 4.18. The number of quaternary nitrogens is 1. The van der Waals surface area contributed by atoms with Crippen LogP contribution in [0.1, 0.15) is 6.42 Å². The Labute approximate surface area is 90.5 Å². The zero-order chi connectivity index (χ0) is 12.7. The van der Waals surface area contributed by atoms with Crippen LogP contribution < -0.4 is 15.9 Å². The van der Waals surface area contributed by atoms with Crippen LogP contribution in [0.3, 0.4) is 0 Å². The van der Waals surface area contributed by atoms with E-state index in [-0.39, 0.29) is 12.0 Å². The van der Waals surface area contributed by atoms with E-state index in [1.54, 1.807) is 0 Å². The molecule has 0 aromatic carbocycles. The molecule has 0 amide bonds. The van der Waals surface area contributed by atoms with Crippen LogP contribution in [0.25, 0.3) is 0 Å². The van der Waals surface area contributed by atoms with Gasteiger partial charge in [0.25, 0.3) is 5.78 Å². The molecule has 0 aliphatic carbocycles. The molecule has 0 saturated carbocycles. The van der Waals surface area contributed by atoms with Gasteiger partial charge in [-0.1, -0.05) is 6.08 Å². The highest BCUT2D eigenvalue weighted by atomic mass is 16.4. The highest BCUT2D eigenvalue weighted by Crippen LogP contribution is 2.05. The van der Waals surface area contributed by atoms with Crippen molar-refractivity contribution in [1.29, 1.82) is 0 Å². The maximum atomic E-state index is 10.8. The lowest BCUT2D eigenvalue weighted by Gasteiger charge is -2.10. The molecule has 7 heteroatoms. The summed E-state index contributed by atoms with van der Waals surface area (Å²) in [4.78, 5) is 31.4. The van der Waals surface area contributed by atoms with E-state index in [2.05, 4.69) is 5.73 Å². The summed E-state index contributed by atoms with van der Waals surface area (Å²) >= 11 is 0. The third kappa shape index (κ3) is 4.91. The minimum Gasteiger partial charge on any atom is -0.878 e. The van der Waals surface area contributed by atoms with Crippen molar-refractivity contribution in [3.05, 3.63) is 24.0 Å². The zero-order valence-electron chi connectivity index (χ0n) is 8.21. The van der Waals surface area contributed by atoms with Crippen LogP contribution in [0.15, 0.2) is 24.0 Å². The molecule has 0 saturated heterocycles. The number of hydrogen-bond acceptors (Lipinski definition) is 5. The highest BCUT2D eigenvalue weighted by molar-refractivity contribution is 6.37. The van der Waals surface area contributed by atoms with Gasteiger partial charge in [-0.15, -0.1) is 6.26 Å². The van der Waals surface area contributed by atoms with E-state index in [4.69, 9.17) is 5.11 Å². The molecule has 0 aliphatic rings. The Morgan fingerprint density at radius 1 is 1.38 bits per heavy atom. The SMILES string of the molecule is [NH3+][C@@H](CC(/C=C\[O-])=C\C(=O)C(=O)O)C(=O)[O-]. The monoisotopic (exact) mass is 228 g/mol. The van der Waals surface area contributed by atoms with E-state index < -0.39 is 23.8 Å². The van der Waals surface area contributed by atoms with Crippen molar-refractivity contribution in [1.82, 2.24) is 0 Å². The number of carboxylic acids is 2. The summed E-state index contributed by atoms with van der Waals surface area (Å²) in [6, 6.07) is -1.16. The van der Waals surface area contributed by atoms with Gasteiger partial charge >= 0.3 is 5.97 Å². The maximum Gasteiger partial charge on any atom is 0.376 e. The lowest BCUT2D eigenvalue weighted by Crippen LogP contribution is -2.68. The van der Waals surface area contributed by atoms with Crippen molar-refractivity contribution in [2.75, 3.05) is 0 Å². The summed E-state index contributed by atoms with van der Waals surface area (Å²) in [5, 5.41) is 28.8. The summed E-state index contributed by atoms with van der Waals surface area (Å²) in [5.74, 6) is -4.38. The van der Waals surface area contributed by atoms with E-state index in [1.165, 1.54) is 0 Å². The summed E-state index contributed by atoms with van der Waals surface area (Å²) in [5.41, 5.74) is 3.19. The third-order valence-electron chi connectivity index (χ3n) is 1.62. The summed E-state index contributed by atoms with van der Waals surface area (Å²) in [6.45, 7) is 0. The molecule has 0 aromatic heterocycles. The van der Waals surface area contributed by atoms with Crippen molar-refractivity contribution < 1.29 is 35.4 Å². The van der Waals surface area contributed by atoms with Gasteiger partial charge < -0.3 is 25.8 Å². The lowest BCUT2D eigenvalue weighted by molar-refractivity contribution is -0.436. The van der Waals surface area contributed by atoms with Crippen LogP contribution in [-0.2, 0) is 14.4 Å². The molecule has 7 nitrogen and oxygen atoms in total. The smallest absolute Gasteiger partial charge is 0.376 e. The van der Waals surface area contributed by atoms with Gasteiger partial charge in [-0.05, 0) is 11.6 Å². The van der Waals surface area contributed by atoms with E-state index >= 15 is 0 Å². The minimum absolute atomic E-state index is 0.0217. The van der Waals surface area contributed by atoms with Crippen molar-refractivity contribution >= 4 is 17.7 Å². The number of carbonyl (C=O) groups excluding carboxylic acids is 2. The first-order valence-corrected chi connectivity index (χ1v) is 4.18. The molecular formula is C9H10NO6-. The van der Waals surface area contributed by atoms with Gasteiger partial charge in [0.05, 0.1) is 5.97 Å². The summed E-state index contributed by atoms with van der Waals surface area (Å²) < 4.78 is 0. The molecule has 0 fully saturated rings. The topological polar surface area (TPSA) is 145 Å². The predicted octanol–water partition coefficient (Wildman–Crippen LogP) is -3.81.